The topological polar surface area (TPSA) is 67.4 Å². The van der Waals surface area contributed by atoms with Crippen molar-refractivity contribution < 1.29 is 13.2 Å². The van der Waals surface area contributed by atoms with E-state index >= 15 is 0 Å². The first-order chi connectivity index (χ1) is 9.94. The third kappa shape index (κ3) is 4.51. The lowest BCUT2D eigenvalue weighted by atomic mass is 10.1. The van der Waals surface area contributed by atoms with Crippen molar-refractivity contribution in [3.8, 4) is 0 Å². The van der Waals surface area contributed by atoms with Crippen molar-refractivity contribution in [2.45, 2.75) is 50.3 Å². The monoisotopic (exact) mass is 312 g/mol. The van der Waals surface area contributed by atoms with Crippen LogP contribution in [0.2, 0.25) is 0 Å². The van der Waals surface area contributed by atoms with E-state index in [9.17, 15) is 8.42 Å². The van der Waals surface area contributed by atoms with Gasteiger partial charge >= 0.3 is 0 Å². The number of ether oxygens (including phenoxy) is 1. The van der Waals surface area contributed by atoms with Gasteiger partial charge in [-0.05, 0) is 43.9 Å². The highest BCUT2D eigenvalue weighted by Gasteiger charge is 2.22. The lowest BCUT2D eigenvalue weighted by molar-refractivity contribution is 0.122. The van der Waals surface area contributed by atoms with Gasteiger partial charge in [-0.2, -0.15) is 0 Å². The predicted octanol–water partition coefficient (Wildman–Crippen LogP) is 1.56. The molecule has 1 unspecified atom stereocenters. The van der Waals surface area contributed by atoms with Crippen LogP contribution >= 0.6 is 0 Å². The summed E-state index contributed by atoms with van der Waals surface area (Å²) in [7, 11) is -1.94. The second kappa shape index (κ2) is 6.87. The number of rotatable bonds is 8. The Labute approximate surface area is 127 Å². The molecule has 0 aromatic heterocycles. The first-order valence-corrected chi connectivity index (χ1v) is 8.76. The summed E-state index contributed by atoms with van der Waals surface area (Å²) < 4.78 is 32.4. The third-order valence-corrected chi connectivity index (χ3v) is 5.38. The highest BCUT2D eigenvalue weighted by molar-refractivity contribution is 7.89. The molecule has 1 fully saturated rings. The van der Waals surface area contributed by atoms with Gasteiger partial charge < -0.3 is 10.1 Å². The standard InChI is InChI=1S/C15H24N2O3S/c1-11(20-3)9-17-21(18,19)15-6-4-5-13(12(15)2)10-16-14-7-8-14/h4-6,11,14,16-17H,7-10H2,1-3H3. The normalized spacial score (nSPS) is 16.9. The van der Waals surface area contributed by atoms with E-state index in [0.29, 0.717) is 17.5 Å². The van der Waals surface area contributed by atoms with Gasteiger partial charge in [0.05, 0.1) is 11.0 Å². The van der Waals surface area contributed by atoms with Gasteiger partial charge in [0, 0.05) is 26.2 Å². The molecule has 1 aromatic carbocycles. The van der Waals surface area contributed by atoms with Crippen LogP contribution in [0.4, 0.5) is 0 Å². The summed E-state index contributed by atoms with van der Waals surface area (Å²) in [5, 5.41) is 3.42. The molecule has 118 valence electrons. The summed E-state index contributed by atoms with van der Waals surface area (Å²) in [6, 6.07) is 6.02. The van der Waals surface area contributed by atoms with Crippen LogP contribution in [0.15, 0.2) is 23.1 Å². The van der Waals surface area contributed by atoms with Crippen LogP contribution < -0.4 is 10.0 Å². The summed E-state index contributed by atoms with van der Waals surface area (Å²) in [6.45, 7) is 4.67. The van der Waals surface area contributed by atoms with Crippen LogP contribution in [0.3, 0.4) is 0 Å². The fourth-order valence-corrected chi connectivity index (χ4v) is 3.47. The van der Waals surface area contributed by atoms with Crippen molar-refractivity contribution in [1.82, 2.24) is 10.0 Å². The van der Waals surface area contributed by atoms with Crippen molar-refractivity contribution in [1.29, 1.82) is 0 Å². The Morgan fingerprint density at radius 2 is 2.10 bits per heavy atom. The van der Waals surface area contributed by atoms with E-state index < -0.39 is 10.0 Å². The van der Waals surface area contributed by atoms with Gasteiger partial charge in [0.2, 0.25) is 10.0 Å². The maximum atomic E-state index is 12.4. The molecule has 0 radical (unpaired) electrons. The van der Waals surface area contributed by atoms with Crippen LogP contribution in [-0.4, -0.2) is 34.2 Å². The quantitative estimate of drug-likeness (QED) is 0.764. The Morgan fingerprint density at radius 1 is 1.38 bits per heavy atom. The van der Waals surface area contributed by atoms with E-state index in [1.807, 2.05) is 19.9 Å². The zero-order valence-electron chi connectivity index (χ0n) is 12.8. The number of hydrogen-bond donors (Lipinski definition) is 2. The van der Waals surface area contributed by atoms with E-state index in [4.69, 9.17) is 4.74 Å². The maximum Gasteiger partial charge on any atom is 0.240 e. The zero-order chi connectivity index (χ0) is 15.5. The van der Waals surface area contributed by atoms with Crippen LogP contribution in [0.1, 0.15) is 30.9 Å². The second-order valence-corrected chi connectivity index (χ2v) is 7.33. The summed E-state index contributed by atoms with van der Waals surface area (Å²) in [6.07, 6.45) is 2.28. The largest absolute Gasteiger partial charge is 0.380 e. The molecule has 5 nitrogen and oxygen atoms in total. The molecule has 1 aromatic rings. The lowest BCUT2D eigenvalue weighted by Crippen LogP contribution is -2.32. The predicted molar refractivity (Wildman–Crippen MR) is 82.7 cm³/mol. The molecule has 1 aliphatic carbocycles. The molecule has 1 saturated carbocycles. The van der Waals surface area contributed by atoms with Gasteiger partial charge in [0.15, 0.2) is 0 Å². The minimum Gasteiger partial charge on any atom is -0.380 e. The van der Waals surface area contributed by atoms with E-state index in [0.717, 1.165) is 11.1 Å². The van der Waals surface area contributed by atoms with Gasteiger partial charge in [-0.15, -0.1) is 0 Å². The van der Waals surface area contributed by atoms with Crippen LogP contribution in [0, 0.1) is 6.92 Å². The number of hydrogen-bond acceptors (Lipinski definition) is 4. The minimum absolute atomic E-state index is 0.153. The molecule has 1 atom stereocenters. The Morgan fingerprint density at radius 3 is 2.71 bits per heavy atom. The molecule has 2 rings (SSSR count). The molecule has 21 heavy (non-hydrogen) atoms. The summed E-state index contributed by atoms with van der Waals surface area (Å²) in [4.78, 5) is 0.348. The summed E-state index contributed by atoms with van der Waals surface area (Å²) in [5.41, 5.74) is 1.84. The number of nitrogens with one attached hydrogen (secondary N) is 2. The fourth-order valence-electron chi connectivity index (χ4n) is 2.07. The van der Waals surface area contributed by atoms with Crippen LogP contribution in [0.5, 0.6) is 0 Å². The van der Waals surface area contributed by atoms with E-state index in [1.165, 1.54) is 12.8 Å². The molecule has 0 bridgehead atoms. The molecule has 0 amide bonds. The van der Waals surface area contributed by atoms with Crippen molar-refractivity contribution in [2.24, 2.45) is 0 Å². The fraction of sp³-hybridized carbons (Fsp3) is 0.600. The minimum atomic E-state index is -3.50. The van der Waals surface area contributed by atoms with Crippen molar-refractivity contribution in [2.75, 3.05) is 13.7 Å². The SMILES string of the molecule is COC(C)CNS(=O)(=O)c1cccc(CNC2CC2)c1C. The first kappa shape index (κ1) is 16.4. The summed E-state index contributed by atoms with van der Waals surface area (Å²) >= 11 is 0. The average Bonchev–Trinajstić information content (AvgIpc) is 3.27. The van der Waals surface area contributed by atoms with E-state index in [1.54, 1.807) is 19.2 Å². The van der Waals surface area contributed by atoms with Gasteiger partial charge in [0.25, 0.3) is 0 Å². The molecule has 0 saturated heterocycles. The van der Waals surface area contributed by atoms with E-state index in [-0.39, 0.29) is 12.6 Å². The molecule has 2 N–H and O–H groups in total. The van der Waals surface area contributed by atoms with Crippen LogP contribution in [-0.2, 0) is 21.3 Å². The zero-order valence-corrected chi connectivity index (χ0v) is 13.7. The van der Waals surface area contributed by atoms with Gasteiger partial charge in [0.1, 0.15) is 0 Å². The Hall–Kier alpha value is -0.950. The highest BCUT2D eigenvalue weighted by atomic mass is 32.2. The van der Waals surface area contributed by atoms with Gasteiger partial charge in [-0.1, -0.05) is 12.1 Å². The highest BCUT2D eigenvalue weighted by Crippen LogP contribution is 2.22. The smallest absolute Gasteiger partial charge is 0.240 e. The summed E-state index contributed by atoms with van der Waals surface area (Å²) in [5.74, 6) is 0. The Balaban J connectivity index is 2.11. The molecule has 0 spiro atoms. The van der Waals surface area contributed by atoms with Crippen molar-refractivity contribution >= 4 is 10.0 Å². The molecule has 6 heteroatoms. The lowest BCUT2D eigenvalue weighted by Gasteiger charge is -2.15. The molecule has 1 aliphatic rings. The van der Waals surface area contributed by atoms with Gasteiger partial charge in [-0.3, -0.25) is 0 Å². The van der Waals surface area contributed by atoms with Crippen molar-refractivity contribution in [3.05, 3.63) is 29.3 Å². The molecule has 0 heterocycles. The first-order valence-electron chi connectivity index (χ1n) is 7.28. The molecular formula is C15H24N2O3S. The maximum absolute atomic E-state index is 12.4. The van der Waals surface area contributed by atoms with Crippen molar-refractivity contribution in [3.63, 3.8) is 0 Å². The number of methoxy groups -OCH3 is 1. The molecule has 0 aliphatic heterocycles. The number of sulfonamides is 1. The average molecular weight is 312 g/mol. The number of benzene rings is 1. The Bertz CT molecular complexity index is 583. The van der Waals surface area contributed by atoms with Gasteiger partial charge in [-0.25, -0.2) is 13.1 Å². The molecular weight excluding hydrogens is 288 g/mol. The van der Waals surface area contributed by atoms with Crippen LogP contribution in [0.25, 0.3) is 0 Å². The Kier molecular flexibility index (Phi) is 5.37. The second-order valence-electron chi connectivity index (χ2n) is 5.59. The third-order valence-electron chi connectivity index (χ3n) is 3.81. The van der Waals surface area contributed by atoms with E-state index in [2.05, 4.69) is 10.0 Å².